The summed E-state index contributed by atoms with van der Waals surface area (Å²) in [5.41, 5.74) is 1.07. The van der Waals surface area contributed by atoms with E-state index in [0.29, 0.717) is 16.7 Å². The second kappa shape index (κ2) is 4.67. The first-order valence-corrected chi connectivity index (χ1v) is 5.92. The maximum atomic E-state index is 10.9. The topological polar surface area (TPSA) is 104 Å². The molecule has 1 aromatic heterocycles. The molecule has 0 bridgehead atoms. The van der Waals surface area contributed by atoms with Gasteiger partial charge in [0.1, 0.15) is 6.33 Å². The van der Waals surface area contributed by atoms with Gasteiger partial charge in [-0.1, -0.05) is 12.1 Å². The Morgan fingerprint density at radius 3 is 2.19 bits per heavy atom. The number of hydrogen-bond donors (Lipinski definition) is 0. The quantitative estimate of drug-likeness (QED) is 0.543. The van der Waals surface area contributed by atoms with Crippen LogP contribution < -0.4 is 0 Å². The van der Waals surface area contributed by atoms with Gasteiger partial charge >= 0.3 is 0 Å². The normalized spacial score (nSPS) is 10.7. The van der Waals surface area contributed by atoms with Gasteiger partial charge in [0.25, 0.3) is 11.4 Å². The Morgan fingerprint density at radius 2 is 1.57 bits per heavy atom. The number of imidazole rings is 1. The molecule has 0 saturated carbocycles. The van der Waals surface area contributed by atoms with Crippen LogP contribution in [0.4, 0.5) is 11.4 Å². The summed E-state index contributed by atoms with van der Waals surface area (Å²) in [6.45, 7) is 0. The summed E-state index contributed by atoms with van der Waals surface area (Å²) in [4.78, 5) is 24.7. The molecule has 21 heavy (non-hydrogen) atoms. The van der Waals surface area contributed by atoms with E-state index >= 15 is 0 Å². The van der Waals surface area contributed by atoms with Crippen LogP contribution in [0.25, 0.3) is 16.7 Å². The Hall–Kier alpha value is -3.29. The lowest BCUT2D eigenvalue weighted by Gasteiger charge is -2.04. The van der Waals surface area contributed by atoms with Gasteiger partial charge in [0, 0.05) is 12.1 Å². The van der Waals surface area contributed by atoms with Crippen molar-refractivity contribution < 1.29 is 9.85 Å². The van der Waals surface area contributed by atoms with Crippen molar-refractivity contribution in [2.24, 2.45) is 0 Å². The third-order valence-corrected chi connectivity index (χ3v) is 3.04. The number of benzene rings is 2. The smallest absolute Gasteiger partial charge is 0.278 e. The molecule has 0 radical (unpaired) electrons. The van der Waals surface area contributed by atoms with E-state index in [-0.39, 0.29) is 11.4 Å². The zero-order valence-corrected chi connectivity index (χ0v) is 10.5. The zero-order chi connectivity index (χ0) is 15.0. The van der Waals surface area contributed by atoms with Crippen molar-refractivity contribution in [3.8, 4) is 5.69 Å². The van der Waals surface area contributed by atoms with Crippen molar-refractivity contribution >= 4 is 22.4 Å². The van der Waals surface area contributed by atoms with E-state index in [1.54, 1.807) is 22.8 Å². The lowest BCUT2D eigenvalue weighted by atomic mass is 10.2. The lowest BCUT2D eigenvalue weighted by molar-refractivity contribution is -0.394. The van der Waals surface area contributed by atoms with Crippen LogP contribution in [0.1, 0.15) is 0 Å². The molecule has 2 aromatic carbocycles. The molecule has 8 heteroatoms. The van der Waals surface area contributed by atoms with Gasteiger partial charge in [-0.15, -0.1) is 0 Å². The van der Waals surface area contributed by atoms with Crippen LogP contribution in [0, 0.1) is 20.2 Å². The number of nitrogens with zero attached hydrogens (tertiary/aromatic N) is 4. The summed E-state index contributed by atoms with van der Waals surface area (Å²) >= 11 is 0. The molecule has 0 aliphatic heterocycles. The van der Waals surface area contributed by atoms with E-state index in [2.05, 4.69) is 4.98 Å². The summed E-state index contributed by atoms with van der Waals surface area (Å²) in [6, 6.07) is 10.7. The molecule has 3 aromatic rings. The van der Waals surface area contributed by atoms with Gasteiger partial charge in [0.15, 0.2) is 0 Å². The average molecular weight is 284 g/mol. The third kappa shape index (κ3) is 2.18. The van der Waals surface area contributed by atoms with Crippen molar-refractivity contribution in [2.45, 2.75) is 0 Å². The van der Waals surface area contributed by atoms with Crippen molar-refractivity contribution in [2.75, 3.05) is 0 Å². The van der Waals surface area contributed by atoms with Gasteiger partial charge in [0.2, 0.25) is 0 Å². The summed E-state index contributed by atoms with van der Waals surface area (Å²) in [5, 5.41) is 21.8. The Kier molecular flexibility index (Phi) is 2.83. The maximum Gasteiger partial charge on any atom is 0.278 e. The SMILES string of the molecule is O=[N+]([O-])c1cc(-n2cnc3ccccc32)cc([N+](=O)[O-])c1. The van der Waals surface area contributed by atoms with E-state index in [1.165, 1.54) is 18.5 Å². The van der Waals surface area contributed by atoms with Crippen LogP contribution in [0.15, 0.2) is 48.8 Å². The zero-order valence-electron chi connectivity index (χ0n) is 10.5. The highest BCUT2D eigenvalue weighted by atomic mass is 16.6. The lowest BCUT2D eigenvalue weighted by Crippen LogP contribution is -1.98. The largest absolute Gasteiger partial charge is 0.298 e. The molecular weight excluding hydrogens is 276 g/mol. The highest BCUT2D eigenvalue weighted by molar-refractivity contribution is 5.77. The molecule has 3 rings (SSSR count). The second-order valence-corrected chi connectivity index (χ2v) is 4.33. The van der Waals surface area contributed by atoms with Crippen LogP contribution in [0.5, 0.6) is 0 Å². The summed E-state index contributed by atoms with van der Waals surface area (Å²) in [6.07, 6.45) is 1.48. The first kappa shape index (κ1) is 12.7. The Balaban J connectivity index is 2.26. The van der Waals surface area contributed by atoms with Gasteiger partial charge in [0.05, 0.1) is 32.6 Å². The van der Waals surface area contributed by atoms with E-state index in [4.69, 9.17) is 0 Å². The highest BCUT2D eigenvalue weighted by Crippen LogP contribution is 2.27. The molecule has 0 N–H and O–H groups in total. The van der Waals surface area contributed by atoms with Crippen molar-refractivity contribution in [3.63, 3.8) is 0 Å². The number of hydrogen-bond acceptors (Lipinski definition) is 5. The predicted octanol–water partition coefficient (Wildman–Crippen LogP) is 2.84. The Morgan fingerprint density at radius 1 is 0.952 bits per heavy atom. The highest BCUT2D eigenvalue weighted by Gasteiger charge is 2.18. The molecule has 1 heterocycles. The first-order valence-electron chi connectivity index (χ1n) is 5.92. The van der Waals surface area contributed by atoms with Gasteiger partial charge in [-0.25, -0.2) is 4.98 Å². The molecule has 0 spiro atoms. The second-order valence-electron chi connectivity index (χ2n) is 4.33. The monoisotopic (exact) mass is 284 g/mol. The van der Waals surface area contributed by atoms with E-state index in [0.717, 1.165) is 6.07 Å². The molecule has 0 fully saturated rings. The number of non-ortho nitro benzene ring substituents is 2. The Labute approximate surface area is 117 Å². The van der Waals surface area contributed by atoms with E-state index < -0.39 is 9.85 Å². The van der Waals surface area contributed by atoms with Gasteiger partial charge in [-0.3, -0.25) is 24.8 Å². The number of fused-ring (bicyclic) bond motifs is 1. The van der Waals surface area contributed by atoms with Crippen molar-refractivity contribution in [1.29, 1.82) is 0 Å². The molecular formula is C13H8N4O4. The molecule has 0 atom stereocenters. The summed E-state index contributed by atoms with van der Waals surface area (Å²) in [7, 11) is 0. The molecule has 0 saturated heterocycles. The molecule has 0 unspecified atom stereocenters. The van der Waals surface area contributed by atoms with E-state index in [9.17, 15) is 20.2 Å². The fourth-order valence-corrected chi connectivity index (χ4v) is 2.09. The standard InChI is InChI=1S/C13H8N4O4/c18-16(19)10-5-9(6-11(7-10)17(20)21)15-8-14-12-3-1-2-4-13(12)15/h1-8H. The minimum absolute atomic E-state index is 0.324. The molecule has 104 valence electrons. The predicted molar refractivity (Wildman–Crippen MR) is 74.4 cm³/mol. The minimum Gasteiger partial charge on any atom is -0.298 e. The van der Waals surface area contributed by atoms with Crippen LogP contribution in [0.2, 0.25) is 0 Å². The van der Waals surface area contributed by atoms with Crippen LogP contribution >= 0.6 is 0 Å². The molecule has 0 aliphatic rings. The van der Waals surface area contributed by atoms with Crippen molar-refractivity contribution in [1.82, 2.24) is 9.55 Å². The van der Waals surface area contributed by atoms with Crippen LogP contribution in [0.3, 0.4) is 0 Å². The van der Waals surface area contributed by atoms with Crippen LogP contribution in [-0.4, -0.2) is 19.4 Å². The molecule has 0 amide bonds. The number of rotatable bonds is 3. The fourth-order valence-electron chi connectivity index (χ4n) is 2.09. The molecule has 8 nitrogen and oxygen atoms in total. The third-order valence-electron chi connectivity index (χ3n) is 3.04. The number of nitro benzene ring substituents is 2. The number of para-hydroxylation sites is 2. The van der Waals surface area contributed by atoms with Crippen molar-refractivity contribution in [3.05, 3.63) is 69.0 Å². The first-order chi connectivity index (χ1) is 10.1. The maximum absolute atomic E-state index is 10.9. The molecule has 0 aliphatic carbocycles. The minimum atomic E-state index is -0.657. The van der Waals surface area contributed by atoms with E-state index in [1.807, 2.05) is 6.07 Å². The van der Waals surface area contributed by atoms with Gasteiger partial charge in [-0.2, -0.15) is 0 Å². The van der Waals surface area contributed by atoms with Crippen LogP contribution in [-0.2, 0) is 0 Å². The number of aromatic nitrogens is 2. The average Bonchev–Trinajstić information content (AvgIpc) is 2.90. The summed E-state index contributed by atoms with van der Waals surface area (Å²) < 4.78 is 1.58. The Bertz CT molecular complexity index is 839. The van der Waals surface area contributed by atoms with Gasteiger partial charge < -0.3 is 0 Å². The number of nitro groups is 2. The summed E-state index contributed by atoms with van der Waals surface area (Å²) in [5.74, 6) is 0. The fraction of sp³-hybridized carbons (Fsp3) is 0. The van der Waals surface area contributed by atoms with Gasteiger partial charge in [-0.05, 0) is 12.1 Å².